The van der Waals surface area contributed by atoms with Crippen LogP contribution in [0.1, 0.15) is 35.0 Å². The van der Waals surface area contributed by atoms with Gasteiger partial charge in [-0.05, 0) is 56.3 Å². The highest BCUT2D eigenvalue weighted by molar-refractivity contribution is 5.29. The lowest BCUT2D eigenvalue weighted by atomic mass is 10.00. The van der Waals surface area contributed by atoms with Crippen molar-refractivity contribution in [2.45, 2.75) is 40.7 Å². The topological polar surface area (TPSA) is 43.8 Å². The van der Waals surface area contributed by atoms with Crippen molar-refractivity contribution in [2.24, 2.45) is 11.7 Å². The molecule has 1 atom stereocenters. The summed E-state index contributed by atoms with van der Waals surface area (Å²) < 4.78 is 2.12. The van der Waals surface area contributed by atoms with Crippen molar-refractivity contribution >= 4 is 0 Å². The minimum absolute atomic E-state index is 0.503. The zero-order chi connectivity index (χ0) is 14.7. The highest BCUT2D eigenvalue weighted by atomic mass is 15.3. The van der Waals surface area contributed by atoms with Crippen molar-refractivity contribution in [3.63, 3.8) is 0 Å². The lowest BCUT2D eigenvalue weighted by Crippen LogP contribution is -2.14. The largest absolute Gasteiger partial charge is 0.330 e. The van der Waals surface area contributed by atoms with E-state index in [0.29, 0.717) is 5.92 Å². The molecule has 0 aliphatic rings. The van der Waals surface area contributed by atoms with Gasteiger partial charge in [-0.15, -0.1) is 0 Å². The van der Waals surface area contributed by atoms with Gasteiger partial charge < -0.3 is 5.73 Å². The van der Waals surface area contributed by atoms with Gasteiger partial charge in [0.2, 0.25) is 0 Å². The highest BCUT2D eigenvalue weighted by Gasteiger charge is 2.14. The van der Waals surface area contributed by atoms with Crippen molar-refractivity contribution in [1.82, 2.24) is 9.78 Å². The first-order valence-corrected chi connectivity index (χ1v) is 7.30. The second kappa shape index (κ2) is 6.23. The molecule has 3 heteroatoms. The maximum atomic E-state index is 5.74. The molecule has 0 saturated carbocycles. The summed E-state index contributed by atoms with van der Waals surface area (Å²) in [5.41, 5.74) is 12.2. The Morgan fingerprint density at radius 1 is 1.20 bits per heavy atom. The fourth-order valence-electron chi connectivity index (χ4n) is 2.56. The number of hydrogen-bond donors (Lipinski definition) is 1. The SMILES string of the molecule is Cc1ccccc1Cn1nc(C)c(CC(C)CN)c1C. The minimum Gasteiger partial charge on any atom is -0.330 e. The number of nitrogens with zero attached hydrogens (tertiary/aromatic N) is 2. The lowest BCUT2D eigenvalue weighted by molar-refractivity contribution is 0.587. The molecule has 0 aliphatic carbocycles. The molecule has 0 bridgehead atoms. The molecule has 0 spiro atoms. The van der Waals surface area contributed by atoms with Gasteiger partial charge in [-0.3, -0.25) is 4.68 Å². The quantitative estimate of drug-likeness (QED) is 0.908. The Morgan fingerprint density at radius 2 is 1.90 bits per heavy atom. The molecular weight excluding hydrogens is 246 g/mol. The number of aromatic nitrogens is 2. The summed E-state index contributed by atoms with van der Waals surface area (Å²) in [5.74, 6) is 0.503. The van der Waals surface area contributed by atoms with Crippen LogP contribution in [0.4, 0.5) is 0 Å². The van der Waals surface area contributed by atoms with E-state index in [-0.39, 0.29) is 0 Å². The Labute approximate surface area is 121 Å². The number of hydrogen-bond acceptors (Lipinski definition) is 2. The molecule has 108 valence electrons. The standard InChI is InChI=1S/C17H25N3/c1-12(10-18)9-17-14(3)19-20(15(17)4)11-16-8-6-5-7-13(16)2/h5-8,12H,9-11,18H2,1-4H3. The highest BCUT2D eigenvalue weighted by Crippen LogP contribution is 2.19. The summed E-state index contributed by atoms with van der Waals surface area (Å²) in [6, 6.07) is 8.49. The van der Waals surface area contributed by atoms with E-state index in [1.807, 2.05) is 0 Å². The van der Waals surface area contributed by atoms with Crippen molar-refractivity contribution in [1.29, 1.82) is 0 Å². The lowest BCUT2D eigenvalue weighted by Gasteiger charge is -2.10. The third-order valence-corrected chi connectivity index (χ3v) is 4.07. The molecule has 0 fully saturated rings. The maximum absolute atomic E-state index is 5.74. The van der Waals surface area contributed by atoms with Gasteiger partial charge in [0, 0.05) is 5.69 Å². The number of nitrogens with two attached hydrogens (primary N) is 1. The van der Waals surface area contributed by atoms with Gasteiger partial charge in [-0.1, -0.05) is 31.2 Å². The molecule has 2 aromatic rings. The van der Waals surface area contributed by atoms with E-state index < -0.39 is 0 Å². The second-order valence-electron chi connectivity index (χ2n) is 5.78. The van der Waals surface area contributed by atoms with Crippen molar-refractivity contribution in [2.75, 3.05) is 6.54 Å². The van der Waals surface area contributed by atoms with E-state index in [1.54, 1.807) is 0 Å². The maximum Gasteiger partial charge on any atom is 0.0665 e. The molecule has 3 nitrogen and oxygen atoms in total. The number of aryl methyl sites for hydroxylation is 2. The van der Waals surface area contributed by atoms with Crippen molar-refractivity contribution < 1.29 is 0 Å². The van der Waals surface area contributed by atoms with Crippen LogP contribution in [0.15, 0.2) is 24.3 Å². The van der Waals surface area contributed by atoms with E-state index in [2.05, 4.69) is 56.6 Å². The first kappa shape index (κ1) is 14.8. The summed E-state index contributed by atoms with van der Waals surface area (Å²) >= 11 is 0. The smallest absolute Gasteiger partial charge is 0.0665 e. The van der Waals surface area contributed by atoms with Gasteiger partial charge in [-0.2, -0.15) is 5.10 Å². The fraction of sp³-hybridized carbons (Fsp3) is 0.471. The summed E-state index contributed by atoms with van der Waals surface area (Å²) in [4.78, 5) is 0. The first-order chi connectivity index (χ1) is 9.52. The summed E-state index contributed by atoms with van der Waals surface area (Å²) in [7, 11) is 0. The van der Waals surface area contributed by atoms with Gasteiger partial charge in [0.15, 0.2) is 0 Å². The molecular formula is C17H25N3. The van der Waals surface area contributed by atoms with Crippen molar-refractivity contribution in [3.8, 4) is 0 Å². The number of benzene rings is 1. The Morgan fingerprint density at radius 3 is 2.55 bits per heavy atom. The van der Waals surface area contributed by atoms with Gasteiger partial charge in [0.1, 0.15) is 0 Å². The van der Waals surface area contributed by atoms with E-state index >= 15 is 0 Å². The zero-order valence-electron chi connectivity index (χ0n) is 13.0. The third kappa shape index (κ3) is 3.10. The average molecular weight is 271 g/mol. The Kier molecular flexibility index (Phi) is 4.61. The molecule has 2 N–H and O–H groups in total. The Hall–Kier alpha value is -1.61. The van der Waals surface area contributed by atoms with Crippen molar-refractivity contribution in [3.05, 3.63) is 52.3 Å². The summed E-state index contributed by atoms with van der Waals surface area (Å²) in [5, 5.41) is 4.71. The second-order valence-corrected chi connectivity index (χ2v) is 5.78. The Balaban J connectivity index is 2.26. The van der Waals surface area contributed by atoms with Gasteiger partial charge in [-0.25, -0.2) is 0 Å². The van der Waals surface area contributed by atoms with Crippen LogP contribution in [-0.2, 0) is 13.0 Å². The molecule has 0 amide bonds. The van der Waals surface area contributed by atoms with E-state index in [0.717, 1.165) is 25.2 Å². The molecule has 20 heavy (non-hydrogen) atoms. The molecule has 0 radical (unpaired) electrons. The molecule has 1 aromatic heterocycles. The average Bonchev–Trinajstić information content (AvgIpc) is 2.69. The monoisotopic (exact) mass is 271 g/mol. The molecule has 2 rings (SSSR count). The van der Waals surface area contributed by atoms with Crippen LogP contribution >= 0.6 is 0 Å². The van der Waals surface area contributed by atoms with E-state index in [4.69, 9.17) is 10.8 Å². The van der Waals surface area contributed by atoms with Crippen LogP contribution < -0.4 is 5.73 Å². The van der Waals surface area contributed by atoms with Gasteiger partial charge in [0.05, 0.1) is 12.2 Å². The third-order valence-electron chi connectivity index (χ3n) is 4.07. The summed E-state index contributed by atoms with van der Waals surface area (Å²) in [6.45, 7) is 10.2. The molecule has 1 heterocycles. The minimum atomic E-state index is 0.503. The zero-order valence-corrected chi connectivity index (χ0v) is 13.0. The normalized spacial score (nSPS) is 12.7. The van der Waals surface area contributed by atoms with E-state index in [9.17, 15) is 0 Å². The fourth-order valence-corrected chi connectivity index (χ4v) is 2.56. The predicted octanol–water partition coefficient (Wildman–Crippen LogP) is 2.99. The molecule has 0 aliphatic heterocycles. The molecule has 0 saturated heterocycles. The molecule has 1 unspecified atom stereocenters. The van der Waals surface area contributed by atoms with Crippen LogP contribution in [0.3, 0.4) is 0 Å². The number of rotatable bonds is 5. The van der Waals surface area contributed by atoms with Crippen LogP contribution in [0, 0.1) is 26.7 Å². The van der Waals surface area contributed by atoms with Crippen LogP contribution in [0.2, 0.25) is 0 Å². The van der Waals surface area contributed by atoms with Gasteiger partial charge >= 0.3 is 0 Å². The molecule has 1 aromatic carbocycles. The van der Waals surface area contributed by atoms with E-state index in [1.165, 1.54) is 22.4 Å². The predicted molar refractivity (Wildman–Crippen MR) is 83.9 cm³/mol. The van der Waals surface area contributed by atoms with Crippen LogP contribution in [-0.4, -0.2) is 16.3 Å². The van der Waals surface area contributed by atoms with Crippen LogP contribution in [0.25, 0.3) is 0 Å². The Bertz CT molecular complexity index is 584. The summed E-state index contributed by atoms with van der Waals surface area (Å²) in [6.07, 6.45) is 1.02. The first-order valence-electron chi connectivity index (χ1n) is 7.30. The van der Waals surface area contributed by atoms with Gasteiger partial charge in [0.25, 0.3) is 0 Å². The van der Waals surface area contributed by atoms with Crippen LogP contribution in [0.5, 0.6) is 0 Å².